The topological polar surface area (TPSA) is 43.4 Å². The molecule has 1 rings (SSSR count). The number of ketones is 1. The average molecular weight is 332 g/mol. The van der Waals surface area contributed by atoms with Gasteiger partial charge in [-0.1, -0.05) is 50.0 Å². The molecule has 3 nitrogen and oxygen atoms in total. The normalized spacial score (nSPS) is 19.2. The number of ether oxygens (including phenoxy) is 1. The van der Waals surface area contributed by atoms with E-state index in [9.17, 15) is 9.59 Å². The number of hydrogen-bond donors (Lipinski definition) is 0. The SMILES string of the molecule is CCCCCCC=CC1CC(=O)CC1=CCCCCC(=C=O)OC. The van der Waals surface area contributed by atoms with Crippen LogP contribution in [0.15, 0.2) is 29.6 Å². The van der Waals surface area contributed by atoms with Crippen molar-refractivity contribution in [2.24, 2.45) is 5.92 Å². The first-order chi connectivity index (χ1) is 11.7. The maximum atomic E-state index is 11.8. The molecular weight excluding hydrogens is 300 g/mol. The molecule has 1 unspecified atom stereocenters. The third kappa shape index (κ3) is 8.31. The van der Waals surface area contributed by atoms with E-state index in [1.807, 2.05) is 5.94 Å². The minimum Gasteiger partial charge on any atom is -0.490 e. The van der Waals surface area contributed by atoms with Gasteiger partial charge in [-0.2, -0.15) is 0 Å². The summed E-state index contributed by atoms with van der Waals surface area (Å²) in [6.07, 6.45) is 17.8. The van der Waals surface area contributed by atoms with E-state index < -0.39 is 0 Å². The van der Waals surface area contributed by atoms with Crippen molar-refractivity contribution in [2.75, 3.05) is 7.11 Å². The predicted octanol–water partition coefficient (Wildman–Crippen LogP) is 5.34. The molecule has 0 bridgehead atoms. The molecule has 0 aromatic heterocycles. The molecular formula is C21H32O3. The van der Waals surface area contributed by atoms with Crippen LogP contribution < -0.4 is 0 Å². The minimum absolute atomic E-state index is 0.313. The number of rotatable bonds is 12. The molecule has 134 valence electrons. The minimum atomic E-state index is 0.313. The average Bonchev–Trinajstić information content (AvgIpc) is 2.94. The zero-order valence-corrected chi connectivity index (χ0v) is 15.3. The number of carbonyl (C=O) groups excluding carboxylic acids is 2. The summed E-state index contributed by atoms with van der Waals surface area (Å²) < 4.78 is 4.91. The van der Waals surface area contributed by atoms with Gasteiger partial charge in [0.15, 0.2) is 11.7 Å². The van der Waals surface area contributed by atoms with Gasteiger partial charge >= 0.3 is 0 Å². The largest absolute Gasteiger partial charge is 0.490 e. The summed E-state index contributed by atoms with van der Waals surface area (Å²) in [5, 5.41) is 0. The predicted molar refractivity (Wildman–Crippen MR) is 98.4 cm³/mol. The zero-order chi connectivity index (χ0) is 17.6. The van der Waals surface area contributed by atoms with E-state index in [0.717, 1.165) is 25.7 Å². The molecule has 24 heavy (non-hydrogen) atoms. The highest BCUT2D eigenvalue weighted by Gasteiger charge is 2.24. The Morgan fingerprint density at radius 3 is 2.71 bits per heavy atom. The van der Waals surface area contributed by atoms with E-state index in [1.54, 1.807) is 0 Å². The van der Waals surface area contributed by atoms with Crippen molar-refractivity contribution in [1.82, 2.24) is 0 Å². The Labute approximate surface area is 146 Å². The molecule has 1 fully saturated rings. The van der Waals surface area contributed by atoms with Gasteiger partial charge < -0.3 is 4.74 Å². The van der Waals surface area contributed by atoms with Crippen LogP contribution >= 0.6 is 0 Å². The number of hydrogen-bond acceptors (Lipinski definition) is 3. The molecule has 0 aromatic rings. The molecule has 0 heterocycles. The number of unbranched alkanes of at least 4 members (excludes halogenated alkanes) is 6. The van der Waals surface area contributed by atoms with Crippen LogP contribution in [0.5, 0.6) is 0 Å². The molecule has 1 saturated carbocycles. The molecule has 0 N–H and O–H groups in total. The summed E-state index contributed by atoms with van der Waals surface area (Å²) in [6.45, 7) is 2.22. The second kappa shape index (κ2) is 12.8. The summed E-state index contributed by atoms with van der Waals surface area (Å²) in [6, 6.07) is 0. The fourth-order valence-corrected chi connectivity index (χ4v) is 3.08. The zero-order valence-electron chi connectivity index (χ0n) is 15.3. The molecule has 3 heteroatoms. The van der Waals surface area contributed by atoms with Crippen LogP contribution in [0.2, 0.25) is 0 Å². The van der Waals surface area contributed by atoms with Gasteiger partial charge in [0.2, 0.25) is 0 Å². The molecule has 1 aliphatic carbocycles. The van der Waals surface area contributed by atoms with Crippen LogP contribution in [0.4, 0.5) is 0 Å². The van der Waals surface area contributed by atoms with Crippen molar-refractivity contribution in [3.8, 4) is 0 Å². The highest BCUT2D eigenvalue weighted by atomic mass is 16.5. The molecule has 0 spiro atoms. The van der Waals surface area contributed by atoms with Crippen molar-refractivity contribution in [3.05, 3.63) is 29.6 Å². The summed E-state index contributed by atoms with van der Waals surface area (Å²) in [4.78, 5) is 22.3. The van der Waals surface area contributed by atoms with Crippen LogP contribution in [0.3, 0.4) is 0 Å². The Kier molecular flexibility index (Phi) is 10.9. The van der Waals surface area contributed by atoms with Crippen molar-refractivity contribution in [2.45, 2.75) is 77.6 Å². The van der Waals surface area contributed by atoms with Crippen LogP contribution in [0, 0.1) is 5.92 Å². The van der Waals surface area contributed by atoms with Crippen molar-refractivity contribution < 1.29 is 14.3 Å². The van der Waals surface area contributed by atoms with Gasteiger partial charge in [-0.3, -0.25) is 4.79 Å². The first kappa shape index (κ1) is 20.4. The van der Waals surface area contributed by atoms with Crippen LogP contribution in [0.25, 0.3) is 0 Å². The third-order valence-electron chi connectivity index (χ3n) is 4.54. The Bertz CT molecular complexity index is 481. The fourth-order valence-electron chi connectivity index (χ4n) is 3.08. The third-order valence-corrected chi connectivity index (χ3v) is 4.54. The summed E-state index contributed by atoms with van der Waals surface area (Å²) in [5.41, 5.74) is 1.28. The molecule has 0 saturated heterocycles. The van der Waals surface area contributed by atoms with E-state index in [1.165, 1.54) is 38.4 Å². The molecule has 0 radical (unpaired) electrons. The Morgan fingerprint density at radius 2 is 2.00 bits per heavy atom. The highest BCUT2D eigenvalue weighted by Crippen LogP contribution is 2.30. The lowest BCUT2D eigenvalue weighted by Crippen LogP contribution is -1.93. The van der Waals surface area contributed by atoms with E-state index >= 15 is 0 Å². The second-order valence-electron chi connectivity index (χ2n) is 6.56. The van der Waals surface area contributed by atoms with Crippen LogP contribution in [-0.2, 0) is 14.3 Å². The van der Waals surface area contributed by atoms with Gasteiger partial charge in [0.05, 0.1) is 7.11 Å². The van der Waals surface area contributed by atoms with E-state index in [2.05, 4.69) is 25.2 Å². The van der Waals surface area contributed by atoms with E-state index in [0.29, 0.717) is 36.7 Å². The van der Waals surface area contributed by atoms with Gasteiger partial charge in [0.25, 0.3) is 0 Å². The lowest BCUT2D eigenvalue weighted by atomic mass is 9.99. The van der Waals surface area contributed by atoms with Crippen LogP contribution in [-0.4, -0.2) is 18.8 Å². The second-order valence-corrected chi connectivity index (χ2v) is 6.56. The highest BCUT2D eigenvalue weighted by molar-refractivity contribution is 5.85. The fraction of sp³-hybridized carbons (Fsp3) is 0.667. The lowest BCUT2D eigenvalue weighted by molar-refractivity contribution is -0.117. The van der Waals surface area contributed by atoms with Gasteiger partial charge in [-0.05, 0) is 32.1 Å². The first-order valence-corrected chi connectivity index (χ1v) is 9.36. The van der Waals surface area contributed by atoms with Gasteiger partial charge in [-0.25, -0.2) is 4.79 Å². The molecule has 1 atom stereocenters. The number of methoxy groups -OCH3 is 1. The molecule has 0 aliphatic heterocycles. The standard InChI is InChI=1S/C21H32O3/c1-3-4-5-6-7-9-12-18-15-20(23)16-19(18)13-10-8-11-14-21(17-22)24-2/h9,12-13,18H,3-8,10-11,14-16H2,1-2H3. The van der Waals surface area contributed by atoms with Crippen LogP contribution in [0.1, 0.15) is 77.6 Å². The number of allylic oxidation sites excluding steroid dienone is 5. The monoisotopic (exact) mass is 332 g/mol. The summed E-state index contributed by atoms with van der Waals surface area (Å²) >= 11 is 0. The van der Waals surface area contributed by atoms with E-state index in [-0.39, 0.29) is 0 Å². The first-order valence-electron chi connectivity index (χ1n) is 9.36. The Morgan fingerprint density at radius 1 is 1.21 bits per heavy atom. The quantitative estimate of drug-likeness (QED) is 0.210. The number of carbonyl (C=O) groups is 1. The van der Waals surface area contributed by atoms with E-state index in [4.69, 9.17) is 4.74 Å². The Hall–Kier alpha value is -1.60. The maximum absolute atomic E-state index is 11.8. The Balaban J connectivity index is 2.34. The van der Waals surface area contributed by atoms with Gasteiger partial charge in [-0.15, -0.1) is 0 Å². The number of Topliss-reactive ketones (excluding diaryl/α,β-unsaturated/α-hetero) is 1. The summed E-state index contributed by atoms with van der Waals surface area (Å²) in [7, 11) is 1.51. The van der Waals surface area contributed by atoms with Crippen molar-refractivity contribution in [1.29, 1.82) is 0 Å². The van der Waals surface area contributed by atoms with Gasteiger partial charge in [0.1, 0.15) is 5.78 Å². The summed E-state index contributed by atoms with van der Waals surface area (Å²) in [5.74, 6) is 2.87. The molecule has 0 aromatic carbocycles. The smallest absolute Gasteiger partial charge is 0.179 e. The lowest BCUT2D eigenvalue weighted by Gasteiger charge is -2.06. The van der Waals surface area contributed by atoms with Crippen molar-refractivity contribution in [3.63, 3.8) is 0 Å². The molecule has 1 aliphatic rings. The van der Waals surface area contributed by atoms with Crippen molar-refractivity contribution >= 4 is 11.7 Å². The molecule has 0 amide bonds. The maximum Gasteiger partial charge on any atom is 0.179 e. The van der Waals surface area contributed by atoms with Gasteiger partial charge in [0, 0.05) is 25.2 Å².